The zero-order valence-electron chi connectivity index (χ0n) is 18.5. The highest BCUT2D eigenvalue weighted by Crippen LogP contribution is 2.66. The first-order chi connectivity index (χ1) is 16.6. The first-order valence-electron chi connectivity index (χ1n) is 9.61. The number of aliphatic hydroxyl groups is 1. The molecule has 3 rings (SSSR count). The summed E-state index contributed by atoms with van der Waals surface area (Å²) in [5.74, 6) is -1.96. The average molecular weight is 576 g/mol. The normalized spacial score (nSPS) is 30.0. The number of aliphatic hydroxyl groups excluding tert-OH is 1. The second-order valence-corrected chi connectivity index (χ2v) is 11.1. The molecule has 2 aromatic rings. The fourth-order valence-corrected chi connectivity index (χ4v) is 5.86. The predicted molar refractivity (Wildman–Crippen MR) is 104 cm³/mol. The molecule has 17 nitrogen and oxygen atoms in total. The number of H-pyrrole nitrogens is 1. The van der Waals surface area contributed by atoms with Crippen molar-refractivity contribution >= 4 is 40.4 Å². The third kappa shape index (κ3) is 5.85. The van der Waals surface area contributed by atoms with Crippen molar-refractivity contribution in [2.75, 3.05) is 19.0 Å². The van der Waals surface area contributed by atoms with Crippen LogP contribution in [0.25, 0.3) is 11.0 Å². The van der Waals surface area contributed by atoms with Crippen LogP contribution in [0.3, 0.4) is 0 Å². The molecule has 0 aromatic carbocycles. The maximum atomic E-state index is 15.6. The van der Waals surface area contributed by atoms with Crippen molar-refractivity contribution in [3.63, 3.8) is 0 Å². The highest BCUT2D eigenvalue weighted by molar-refractivity contribution is 7.66. The highest BCUT2D eigenvalue weighted by atomic mass is 31.3. The summed E-state index contributed by atoms with van der Waals surface area (Å²) in [6.45, 7) is -6.06. The summed E-state index contributed by atoms with van der Waals surface area (Å²) in [5.41, 5.74) is -0.177. The van der Waals surface area contributed by atoms with Gasteiger partial charge >= 0.3 is 23.5 Å². The number of nitrogens with one attached hydrogen (secondary N) is 1. The third-order valence-electron chi connectivity index (χ3n) is 4.28. The van der Waals surface area contributed by atoms with E-state index in [4.69, 9.17) is 27.9 Å². The zero-order chi connectivity index (χ0) is 28.4. The number of anilines is 1. The van der Waals surface area contributed by atoms with Gasteiger partial charge < -0.3 is 35.2 Å². The quantitative estimate of drug-likeness (QED) is 0.189. The van der Waals surface area contributed by atoms with Gasteiger partial charge in [0.25, 0.3) is 5.56 Å². The minimum absolute atomic E-state index is 0.347. The van der Waals surface area contributed by atoms with E-state index in [0.29, 0.717) is 10.8 Å². The summed E-state index contributed by atoms with van der Waals surface area (Å²) in [6.07, 6.45) is -7.82. The maximum Gasteiger partial charge on any atom is 0.490 e. The van der Waals surface area contributed by atoms with Crippen molar-refractivity contribution < 1.29 is 72.2 Å². The van der Waals surface area contributed by atoms with Gasteiger partial charge in [-0.25, -0.2) is 26.9 Å². The summed E-state index contributed by atoms with van der Waals surface area (Å²) in [6, 6.07) is 0. The molecule has 0 saturated carbocycles. The van der Waals surface area contributed by atoms with Gasteiger partial charge in [-0.15, -0.1) is 0 Å². The van der Waals surface area contributed by atoms with Crippen molar-refractivity contribution in [1.82, 2.24) is 14.5 Å². The largest absolute Gasteiger partial charge is 0.490 e. The standard InChI is InChI=1S/C12H16F3N4O13P3/c13-3-12(15)7(20)5(2-29-34(25,26)32-35(27,28)31-33(22,23)24)30-10(12)19-1-4(14)6-8(19)17-11(16)18-9(6)21/h1,5,7,10,20H,2-3H2,(H,25,26)(H,27,28)(H2,22,23,24)(H3,16,17,18,21)/t5-,7+,10-,12?/m1/s1/i2D2. The Morgan fingerprint density at radius 3 is 2.49 bits per heavy atom. The first-order valence-corrected chi connectivity index (χ1v) is 13.1. The zero-order valence-corrected chi connectivity index (χ0v) is 19.1. The molecular formula is C12H16F3N4O13P3. The number of rotatable bonds is 9. The molecule has 0 bridgehead atoms. The van der Waals surface area contributed by atoms with Crippen LogP contribution < -0.4 is 11.3 Å². The Morgan fingerprint density at radius 2 is 1.91 bits per heavy atom. The van der Waals surface area contributed by atoms with E-state index >= 15 is 4.39 Å². The number of alkyl halides is 2. The second-order valence-electron chi connectivity index (χ2n) is 6.75. The number of nitrogens with zero attached hydrogens (tertiary/aromatic N) is 2. The molecule has 3 unspecified atom stereocenters. The first kappa shape index (κ1) is 25.0. The van der Waals surface area contributed by atoms with Crippen molar-refractivity contribution in [1.29, 1.82) is 0 Å². The monoisotopic (exact) mass is 576 g/mol. The third-order valence-corrected chi connectivity index (χ3v) is 7.94. The number of phosphoric acid groups is 3. The average Bonchev–Trinajstić information content (AvgIpc) is 3.12. The van der Waals surface area contributed by atoms with Gasteiger partial charge in [0.15, 0.2) is 17.7 Å². The van der Waals surface area contributed by atoms with E-state index in [-0.39, 0.29) is 0 Å². The summed E-state index contributed by atoms with van der Waals surface area (Å²) in [7, 11) is -18.1. The van der Waals surface area contributed by atoms with Crippen LogP contribution in [0.5, 0.6) is 0 Å². The molecule has 1 aliphatic rings. The summed E-state index contributed by atoms with van der Waals surface area (Å²) < 4.78 is 110. The van der Waals surface area contributed by atoms with Crippen LogP contribution >= 0.6 is 23.5 Å². The summed E-state index contributed by atoms with van der Waals surface area (Å²) >= 11 is 0. The van der Waals surface area contributed by atoms with E-state index in [2.05, 4.69) is 18.1 Å². The number of phosphoric ester groups is 1. The minimum Gasteiger partial charge on any atom is -0.387 e. The van der Waals surface area contributed by atoms with Crippen LogP contribution in [0.4, 0.5) is 19.1 Å². The van der Waals surface area contributed by atoms with Gasteiger partial charge in [0.05, 0.1) is 9.30 Å². The van der Waals surface area contributed by atoms with Crippen LogP contribution in [-0.4, -0.2) is 70.3 Å². The van der Waals surface area contributed by atoms with E-state index in [0.717, 1.165) is 0 Å². The Balaban J connectivity index is 1.98. The molecule has 0 aliphatic carbocycles. The molecule has 0 spiro atoms. The van der Waals surface area contributed by atoms with Crippen molar-refractivity contribution in [3.8, 4) is 0 Å². The van der Waals surface area contributed by atoms with Gasteiger partial charge in [-0.3, -0.25) is 18.9 Å². The van der Waals surface area contributed by atoms with E-state index in [9.17, 15) is 37.3 Å². The molecule has 3 heterocycles. The van der Waals surface area contributed by atoms with Crippen LogP contribution in [0.2, 0.25) is 0 Å². The molecular weight excluding hydrogens is 558 g/mol. The summed E-state index contributed by atoms with van der Waals surface area (Å²) in [5, 5.41) is 9.51. The smallest absolute Gasteiger partial charge is 0.387 e. The van der Waals surface area contributed by atoms with Crippen LogP contribution in [0, 0.1) is 5.82 Å². The lowest BCUT2D eigenvalue weighted by Crippen LogP contribution is -2.45. The van der Waals surface area contributed by atoms with Gasteiger partial charge in [-0.2, -0.15) is 13.6 Å². The van der Waals surface area contributed by atoms with E-state index in [1.54, 1.807) is 0 Å². The molecule has 35 heavy (non-hydrogen) atoms. The maximum absolute atomic E-state index is 15.6. The number of hydrogen-bond acceptors (Lipinski definition) is 11. The Morgan fingerprint density at radius 1 is 1.29 bits per heavy atom. The van der Waals surface area contributed by atoms with Gasteiger partial charge in [0.2, 0.25) is 11.6 Å². The number of ether oxygens (including phenoxy) is 1. The fourth-order valence-electron chi connectivity index (χ4n) is 2.98. The molecule has 1 fully saturated rings. The van der Waals surface area contributed by atoms with Gasteiger partial charge in [0, 0.05) is 6.20 Å². The Labute approximate surface area is 193 Å². The molecule has 8 N–H and O–H groups in total. The van der Waals surface area contributed by atoms with Crippen molar-refractivity contribution in [2.24, 2.45) is 0 Å². The highest BCUT2D eigenvalue weighted by Gasteiger charge is 2.59. The van der Waals surface area contributed by atoms with Gasteiger partial charge in [-0.05, 0) is 0 Å². The number of fused-ring (bicyclic) bond motifs is 1. The molecule has 2 aromatic heterocycles. The van der Waals surface area contributed by atoms with Crippen LogP contribution in [0.1, 0.15) is 8.97 Å². The number of halogens is 3. The van der Waals surface area contributed by atoms with E-state index in [1.165, 1.54) is 0 Å². The van der Waals surface area contributed by atoms with E-state index in [1.807, 2.05) is 4.98 Å². The lowest BCUT2D eigenvalue weighted by atomic mass is 9.97. The molecule has 0 amide bonds. The Hall–Kier alpha value is -1.66. The van der Waals surface area contributed by atoms with Gasteiger partial charge in [-0.1, -0.05) is 0 Å². The van der Waals surface area contributed by atoms with Crippen LogP contribution in [-0.2, 0) is 31.6 Å². The molecule has 0 radical (unpaired) electrons. The molecule has 6 atom stereocenters. The molecule has 1 saturated heterocycles. The number of nitrogens with two attached hydrogens (primary N) is 1. The van der Waals surface area contributed by atoms with Crippen molar-refractivity contribution in [2.45, 2.75) is 24.1 Å². The summed E-state index contributed by atoms with van der Waals surface area (Å²) in [4.78, 5) is 53.3. The molecule has 1 aliphatic heterocycles. The van der Waals surface area contributed by atoms with Crippen LogP contribution in [0.15, 0.2) is 11.0 Å². The minimum atomic E-state index is -6.20. The topological polar surface area (TPSA) is 266 Å². The van der Waals surface area contributed by atoms with Gasteiger partial charge in [0.1, 0.15) is 24.3 Å². The Bertz CT molecular complexity index is 1420. The lowest BCUT2D eigenvalue weighted by molar-refractivity contribution is -0.0685. The number of nitrogen functional groups attached to an aromatic ring is 1. The second kappa shape index (κ2) is 9.33. The predicted octanol–water partition coefficient (Wildman–Crippen LogP) is -0.275. The number of hydrogen-bond donors (Lipinski definition) is 7. The fraction of sp³-hybridized carbons (Fsp3) is 0.500. The number of aromatic nitrogens is 3. The SMILES string of the molecule is [2H]C([2H])(OP(=O)(O)OP(=O)(O)OP(=O)(O)O)[C@H]1O[C@@H](n2cc(F)c3c(=O)[nH]c(N)nc32)C(F)(CF)[C@H]1O. The lowest BCUT2D eigenvalue weighted by Gasteiger charge is -2.26. The molecule has 198 valence electrons. The van der Waals surface area contributed by atoms with Crippen molar-refractivity contribution in [3.05, 3.63) is 22.4 Å². The number of aromatic amines is 1. The molecule has 23 heteroatoms. The van der Waals surface area contributed by atoms with E-state index < -0.39 is 89.2 Å². The Kier molecular flexibility index (Phi) is 6.67.